The molecule has 0 radical (unpaired) electrons. The van der Waals surface area contributed by atoms with E-state index in [1.54, 1.807) is 0 Å². The molecule has 0 aliphatic carbocycles. The van der Waals surface area contributed by atoms with Crippen molar-refractivity contribution in [3.05, 3.63) is 30.1 Å². The number of piperidine rings is 1. The topological polar surface area (TPSA) is 28.2 Å². The van der Waals surface area contributed by atoms with Crippen LogP contribution in [0.3, 0.4) is 0 Å². The van der Waals surface area contributed by atoms with Crippen LogP contribution in [0.5, 0.6) is 0 Å². The molecule has 0 aromatic carbocycles. The molecule has 1 unspecified atom stereocenters. The number of hydrogen-bond donors (Lipinski definition) is 1. The minimum Gasteiger partial charge on any atom is -0.315 e. The summed E-state index contributed by atoms with van der Waals surface area (Å²) in [6.07, 6.45) is 7.64. The minimum atomic E-state index is 0.705. The first-order valence-electron chi connectivity index (χ1n) is 6.74. The zero-order chi connectivity index (χ0) is 11.9. The van der Waals surface area contributed by atoms with Gasteiger partial charge in [-0.05, 0) is 50.0 Å². The van der Waals surface area contributed by atoms with Crippen LogP contribution in [0, 0.1) is 0 Å². The van der Waals surface area contributed by atoms with E-state index < -0.39 is 0 Å². The summed E-state index contributed by atoms with van der Waals surface area (Å²) >= 11 is 0. The van der Waals surface area contributed by atoms with Crippen LogP contribution in [0.1, 0.15) is 31.7 Å². The summed E-state index contributed by atoms with van der Waals surface area (Å²) in [5, 5.41) is 3.51. The van der Waals surface area contributed by atoms with E-state index in [9.17, 15) is 0 Å². The third-order valence-electron chi connectivity index (χ3n) is 3.43. The molecule has 0 bridgehead atoms. The summed E-state index contributed by atoms with van der Waals surface area (Å²) in [6, 6.07) is 4.95. The molecule has 2 heterocycles. The maximum atomic E-state index is 4.08. The van der Waals surface area contributed by atoms with Crippen molar-refractivity contribution in [2.24, 2.45) is 0 Å². The van der Waals surface area contributed by atoms with E-state index in [-0.39, 0.29) is 0 Å². The number of rotatable bonds is 5. The Morgan fingerprint density at radius 3 is 2.88 bits per heavy atom. The number of hydrogen-bond acceptors (Lipinski definition) is 3. The average Bonchev–Trinajstić information content (AvgIpc) is 2.40. The quantitative estimate of drug-likeness (QED) is 0.843. The second-order valence-electron chi connectivity index (χ2n) is 4.83. The summed E-state index contributed by atoms with van der Waals surface area (Å²) < 4.78 is 0. The molecule has 0 spiro atoms. The van der Waals surface area contributed by atoms with E-state index in [2.05, 4.69) is 34.3 Å². The van der Waals surface area contributed by atoms with Gasteiger partial charge in [0.25, 0.3) is 0 Å². The van der Waals surface area contributed by atoms with E-state index >= 15 is 0 Å². The number of nitrogens with zero attached hydrogens (tertiary/aromatic N) is 2. The van der Waals surface area contributed by atoms with Gasteiger partial charge in [0.1, 0.15) is 0 Å². The van der Waals surface area contributed by atoms with E-state index in [0.717, 1.165) is 13.1 Å². The standard InChI is InChI=1S/C14H23N3/c1-2-10-17(14-4-3-7-16-11-14)12-13-5-8-15-9-6-13/h5-6,8-9,14,16H,2-4,7,10-12H2,1H3. The van der Waals surface area contributed by atoms with Gasteiger partial charge in [0, 0.05) is 31.5 Å². The molecule has 1 atom stereocenters. The first-order chi connectivity index (χ1) is 8.40. The van der Waals surface area contributed by atoms with E-state index in [0.29, 0.717) is 6.04 Å². The van der Waals surface area contributed by atoms with Crippen LogP contribution in [-0.2, 0) is 6.54 Å². The molecular formula is C14H23N3. The van der Waals surface area contributed by atoms with Crippen LogP contribution < -0.4 is 5.32 Å². The lowest BCUT2D eigenvalue weighted by Crippen LogP contribution is -2.45. The zero-order valence-corrected chi connectivity index (χ0v) is 10.7. The predicted octanol–water partition coefficient (Wildman–Crippen LogP) is 2.05. The number of nitrogens with one attached hydrogen (secondary N) is 1. The third kappa shape index (κ3) is 3.79. The van der Waals surface area contributed by atoms with Gasteiger partial charge >= 0.3 is 0 Å². The van der Waals surface area contributed by atoms with Crippen LogP contribution in [-0.4, -0.2) is 35.6 Å². The molecule has 0 saturated carbocycles. The molecule has 3 heteroatoms. The van der Waals surface area contributed by atoms with Gasteiger partial charge in [-0.2, -0.15) is 0 Å². The van der Waals surface area contributed by atoms with Gasteiger partial charge in [-0.25, -0.2) is 0 Å². The summed E-state index contributed by atoms with van der Waals surface area (Å²) in [5.41, 5.74) is 1.37. The van der Waals surface area contributed by atoms with Crippen molar-refractivity contribution in [3.8, 4) is 0 Å². The van der Waals surface area contributed by atoms with Crippen molar-refractivity contribution >= 4 is 0 Å². The molecule has 1 fully saturated rings. The Morgan fingerprint density at radius 1 is 1.41 bits per heavy atom. The van der Waals surface area contributed by atoms with Crippen LogP contribution in [0.15, 0.2) is 24.5 Å². The van der Waals surface area contributed by atoms with Crippen LogP contribution in [0.2, 0.25) is 0 Å². The SMILES string of the molecule is CCCN(Cc1ccncc1)C1CCCNC1. The molecule has 1 aromatic rings. The molecule has 1 N–H and O–H groups in total. The molecule has 3 nitrogen and oxygen atoms in total. The lowest BCUT2D eigenvalue weighted by molar-refractivity contribution is 0.158. The average molecular weight is 233 g/mol. The van der Waals surface area contributed by atoms with Crippen molar-refractivity contribution in [3.63, 3.8) is 0 Å². The largest absolute Gasteiger partial charge is 0.315 e. The van der Waals surface area contributed by atoms with Crippen molar-refractivity contribution in [2.75, 3.05) is 19.6 Å². The zero-order valence-electron chi connectivity index (χ0n) is 10.7. The monoisotopic (exact) mass is 233 g/mol. The van der Waals surface area contributed by atoms with Gasteiger partial charge in [-0.15, -0.1) is 0 Å². The molecule has 1 aliphatic heterocycles. The van der Waals surface area contributed by atoms with E-state index in [1.807, 2.05) is 12.4 Å². The lowest BCUT2D eigenvalue weighted by Gasteiger charge is -2.34. The van der Waals surface area contributed by atoms with Gasteiger partial charge in [-0.3, -0.25) is 9.88 Å². The highest BCUT2D eigenvalue weighted by molar-refractivity contribution is 5.09. The Labute approximate surface area is 104 Å². The fraction of sp³-hybridized carbons (Fsp3) is 0.643. The lowest BCUT2D eigenvalue weighted by atomic mass is 10.0. The molecule has 0 amide bonds. The Hall–Kier alpha value is -0.930. The van der Waals surface area contributed by atoms with Gasteiger partial charge < -0.3 is 5.32 Å². The highest BCUT2D eigenvalue weighted by atomic mass is 15.2. The van der Waals surface area contributed by atoms with Crippen molar-refractivity contribution in [1.82, 2.24) is 15.2 Å². The second kappa shape index (κ2) is 6.72. The molecular weight excluding hydrogens is 210 g/mol. The molecule has 17 heavy (non-hydrogen) atoms. The van der Waals surface area contributed by atoms with Gasteiger partial charge in [-0.1, -0.05) is 6.92 Å². The molecule has 94 valence electrons. The molecule has 1 aromatic heterocycles. The van der Waals surface area contributed by atoms with Crippen LogP contribution in [0.4, 0.5) is 0 Å². The van der Waals surface area contributed by atoms with Crippen molar-refractivity contribution < 1.29 is 0 Å². The summed E-state index contributed by atoms with van der Waals surface area (Å²) in [7, 11) is 0. The number of pyridine rings is 1. The molecule has 1 saturated heterocycles. The fourth-order valence-corrected chi connectivity index (χ4v) is 2.55. The highest BCUT2D eigenvalue weighted by Gasteiger charge is 2.20. The normalized spacial score (nSPS) is 20.7. The molecule has 1 aliphatic rings. The van der Waals surface area contributed by atoms with Crippen LogP contribution >= 0.6 is 0 Å². The predicted molar refractivity (Wildman–Crippen MR) is 70.8 cm³/mol. The minimum absolute atomic E-state index is 0.705. The fourth-order valence-electron chi connectivity index (χ4n) is 2.55. The maximum absolute atomic E-state index is 4.08. The van der Waals surface area contributed by atoms with Crippen molar-refractivity contribution in [1.29, 1.82) is 0 Å². The van der Waals surface area contributed by atoms with E-state index in [1.165, 1.54) is 37.9 Å². The van der Waals surface area contributed by atoms with Gasteiger partial charge in [0.2, 0.25) is 0 Å². The Morgan fingerprint density at radius 2 is 2.24 bits per heavy atom. The smallest absolute Gasteiger partial charge is 0.0271 e. The highest BCUT2D eigenvalue weighted by Crippen LogP contribution is 2.14. The third-order valence-corrected chi connectivity index (χ3v) is 3.43. The summed E-state index contributed by atoms with van der Waals surface area (Å²) in [4.78, 5) is 6.69. The van der Waals surface area contributed by atoms with Crippen LogP contribution in [0.25, 0.3) is 0 Å². The van der Waals surface area contributed by atoms with E-state index in [4.69, 9.17) is 0 Å². The summed E-state index contributed by atoms with van der Waals surface area (Å²) in [5.74, 6) is 0. The second-order valence-corrected chi connectivity index (χ2v) is 4.83. The van der Waals surface area contributed by atoms with Gasteiger partial charge in [0.15, 0.2) is 0 Å². The Balaban J connectivity index is 1.96. The Bertz CT molecular complexity index is 307. The Kier molecular flexibility index (Phi) is 4.95. The number of aromatic nitrogens is 1. The van der Waals surface area contributed by atoms with Crippen molar-refractivity contribution in [2.45, 2.75) is 38.8 Å². The molecule has 2 rings (SSSR count). The summed E-state index contributed by atoms with van der Waals surface area (Å²) in [6.45, 7) is 6.84. The maximum Gasteiger partial charge on any atom is 0.0271 e. The van der Waals surface area contributed by atoms with Gasteiger partial charge in [0.05, 0.1) is 0 Å². The first kappa shape index (κ1) is 12.5. The first-order valence-corrected chi connectivity index (χ1v) is 6.74.